The third kappa shape index (κ3) is 4.85. The number of carbonyl (C=O) groups excluding carboxylic acids is 1. The molecule has 0 aliphatic heterocycles. The average Bonchev–Trinajstić information content (AvgIpc) is 2.64. The second-order valence-corrected chi connectivity index (χ2v) is 6.73. The minimum atomic E-state index is 0.0631. The fourth-order valence-corrected chi connectivity index (χ4v) is 3.05. The Balaban J connectivity index is 1.54. The lowest BCUT2D eigenvalue weighted by atomic mass is 10.0. The Bertz CT molecular complexity index is 881. The third-order valence-corrected chi connectivity index (χ3v) is 4.26. The van der Waals surface area contributed by atoms with Gasteiger partial charge in [0, 0.05) is 13.0 Å². The average molecular weight is 347 g/mol. The zero-order valence-corrected chi connectivity index (χ0v) is 15.4. The molecule has 3 aromatic carbocycles. The van der Waals surface area contributed by atoms with E-state index < -0.39 is 0 Å². The van der Waals surface area contributed by atoms with Crippen LogP contribution >= 0.6 is 0 Å². The van der Waals surface area contributed by atoms with Crippen molar-refractivity contribution in [3.05, 3.63) is 77.9 Å². The lowest BCUT2D eigenvalue weighted by Crippen LogP contribution is -2.23. The molecule has 0 saturated heterocycles. The van der Waals surface area contributed by atoms with E-state index in [0.717, 1.165) is 17.7 Å². The van der Waals surface area contributed by atoms with Crippen LogP contribution in [-0.2, 0) is 17.8 Å². The van der Waals surface area contributed by atoms with Gasteiger partial charge in [0.2, 0.25) is 5.91 Å². The largest absolute Gasteiger partial charge is 0.491 e. The van der Waals surface area contributed by atoms with Crippen LogP contribution in [0.4, 0.5) is 0 Å². The maximum atomic E-state index is 12.2. The maximum absolute atomic E-state index is 12.2. The van der Waals surface area contributed by atoms with Gasteiger partial charge in [-0.1, -0.05) is 54.6 Å². The molecular weight excluding hydrogens is 322 g/mol. The maximum Gasteiger partial charge on any atom is 0.220 e. The summed E-state index contributed by atoms with van der Waals surface area (Å²) >= 11 is 0. The van der Waals surface area contributed by atoms with Crippen molar-refractivity contribution >= 4 is 16.7 Å². The summed E-state index contributed by atoms with van der Waals surface area (Å²) in [6, 6.07) is 22.4. The van der Waals surface area contributed by atoms with Gasteiger partial charge in [0.05, 0.1) is 6.10 Å². The van der Waals surface area contributed by atoms with Crippen LogP contribution in [0, 0.1) is 0 Å². The highest BCUT2D eigenvalue weighted by molar-refractivity contribution is 5.86. The van der Waals surface area contributed by atoms with E-state index in [1.165, 1.54) is 16.3 Å². The zero-order chi connectivity index (χ0) is 18.4. The first-order chi connectivity index (χ1) is 12.6. The summed E-state index contributed by atoms with van der Waals surface area (Å²) in [5.41, 5.74) is 2.26. The van der Waals surface area contributed by atoms with Crippen LogP contribution in [0.1, 0.15) is 31.4 Å². The van der Waals surface area contributed by atoms with Gasteiger partial charge in [0.25, 0.3) is 0 Å². The second kappa shape index (κ2) is 8.52. The molecule has 0 atom stereocenters. The van der Waals surface area contributed by atoms with Crippen molar-refractivity contribution in [2.45, 2.75) is 39.3 Å². The van der Waals surface area contributed by atoms with Crippen molar-refractivity contribution in [3.63, 3.8) is 0 Å². The zero-order valence-electron chi connectivity index (χ0n) is 15.4. The molecule has 3 rings (SSSR count). The highest BCUT2D eigenvalue weighted by Gasteiger charge is 2.06. The first-order valence-electron chi connectivity index (χ1n) is 9.11. The number of carbonyl (C=O) groups is 1. The molecule has 26 heavy (non-hydrogen) atoms. The lowest BCUT2D eigenvalue weighted by molar-refractivity contribution is -0.121. The molecule has 0 saturated carbocycles. The molecule has 0 unspecified atom stereocenters. The van der Waals surface area contributed by atoms with Gasteiger partial charge in [-0.05, 0) is 54.3 Å². The molecule has 0 spiro atoms. The van der Waals surface area contributed by atoms with Crippen LogP contribution in [0.25, 0.3) is 10.8 Å². The fraction of sp³-hybridized carbons (Fsp3) is 0.261. The number of amides is 1. The van der Waals surface area contributed by atoms with E-state index in [1.54, 1.807) is 0 Å². The first kappa shape index (κ1) is 18.0. The molecule has 0 aliphatic rings. The molecule has 3 heteroatoms. The summed E-state index contributed by atoms with van der Waals surface area (Å²) in [6.07, 6.45) is 1.36. The summed E-state index contributed by atoms with van der Waals surface area (Å²) in [7, 11) is 0. The van der Waals surface area contributed by atoms with Crippen molar-refractivity contribution in [2.24, 2.45) is 0 Å². The predicted molar refractivity (Wildman–Crippen MR) is 106 cm³/mol. The summed E-state index contributed by atoms with van der Waals surface area (Å²) in [6.45, 7) is 4.52. The molecule has 0 aromatic heterocycles. The number of rotatable bonds is 7. The number of hydrogen-bond donors (Lipinski definition) is 1. The van der Waals surface area contributed by atoms with E-state index in [0.29, 0.717) is 13.0 Å². The van der Waals surface area contributed by atoms with E-state index in [-0.39, 0.29) is 12.0 Å². The molecule has 0 radical (unpaired) electrons. The van der Waals surface area contributed by atoms with Gasteiger partial charge in [-0.3, -0.25) is 4.79 Å². The molecule has 134 valence electrons. The van der Waals surface area contributed by atoms with Crippen LogP contribution in [0.3, 0.4) is 0 Å². The van der Waals surface area contributed by atoms with E-state index in [4.69, 9.17) is 4.74 Å². The van der Waals surface area contributed by atoms with Crippen LogP contribution in [0.15, 0.2) is 66.7 Å². The Kier molecular flexibility index (Phi) is 5.90. The van der Waals surface area contributed by atoms with E-state index in [2.05, 4.69) is 35.6 Å². The minimum Gasteiger partial charge on any atom is -0.491 e. The number of fused-ring (bicyclic) bond motifs is 1. The van der Waals surface area contributed by atoms with E-state index in [1.807, 2.05) is 50.2 Å². The van der Waals surface area contributed by atoms with Crippen molar-refractivity contribution < 1.29 is 9.53 Å². The Labute approximate surface area is 155 Å². The van der Waals surface area contributed by atoms with Gasteiger partial charge in [-0.15, -0.1) is 0 Å². The van der Waals surface area contributed by atoms with E-state index >= 15 is 0 Å². The van der Waals surface area contributed by atoms with Gasteiger partial charge < -0.3 is 10.1 Å². The monoisotopic (exact) mass is 347 g/mol. The second-order valence-electron chi connectivity index (χ2n) is 6.73. The predicted octanol–water partition coefficient (Wildman–Crippen LogP) is 4.88. The fourth-order valence-electron chi connectivity index (χ4n) is 3.05. The Morgan fingerprint density at radius 2 is 1.77 bits per heavy atom. The smallest absolute Gasteiger partial charge is 0.220 e. The SMILES string of the molecule is CC(C)Oc1cccc(CNC(=O)CCc2cccc3ccccc23)c1. The topological polar surface area (TPSA) is 38.3 Å². The summed E-state index contributed by atoms with van der Waals surface area (Å²) < 4.78 is 5.70. The number of benzene rings is 3. The van der Waals surface area contributed by atoms with Gasteiger partial charge in [0.15, 0.2) is 0 Å². The summed E-state index contributed by atoms with van der Waals surface area (Å²) in [4.78, 5) is 12.2. The molecule has 0 bridgehead atoms. The first-order valence-corrected chi connectivity index (χ1v) is 9.11. The molecule has 1 amide bonds. The normalized spacial score (nSPS) is 10.9. The number of ether oxygens (including phenoxy) is 1. The quantitative estimate of drug-likeness (QED) is 0.662. The third-order valence-electron chi connectivity index (χ3n) is 4.26. The molecule has 0 fully saturated rings. The standard InChI is InChI=1S/C23H25NO2/c1-17(2)26-21-11-5-7-18(15-21)16-24-23(25)14-13-20-10-6-9-19-8-3-4-12-22(19)20/h3-12,15,17H,13-14,16H2,1-2H3,(H,24,25). The summed E-state index contributed by atoms with van der Waals surface area (Å²) in [5, 5.41) is 5.44. The van der Waals surface area contributed by atoms with Crippen molar-refractivity contribution in [1.82, 2.24) is 5.32 Å². The van der Waals surface area contributed by atoms with Crippen molar-refractivity contribution in [1.29, 1.82) is 0 Å². The number of hydrogen-bond acceptors (Lipinski definition) is 2. The van der Waals surface area contributed by atoms with Crippen molar-refractivity contribution in [3.8, 4) is 5.75 Å². The van der Waals surface area contributed by atoms with Crippen LogP contribution in [-0.4, -0.2) is 12.0 Å². The molecule has 0 aliphatic carbocycles. The van der Waals surface area contributed by atoms with Gasteiger partial charge in [0.1, 0.15) is 5.75 Å². The van der Waals surface area contributed by atoms with E-state index in [9.17, 15) is 4.79 Å². The molecule has 3 aromatic rings. The van der Waals surface area contributed by atoms with Gasteiger partial charge in [-0.25, -0.2) is 0 Å². The lowest BCUT2D eigenvalue weighted by Gasteiger charge is -2.11. The highest BCUT2D eigenvalue weighted by Crippen LogP contribution is 2.20. The Morgan fingerprint density at radius 3 is 2.62 bits per heavy atom. The summed E-state index contributed by atoms with van der Waals surface area (Å²) in [5.74, 6) is 0.899. The van der Waals surface area contributed by atoms with Crippen LogP contribution in [0.5, 0.6) is 5.75 Å². The Morgan fingerprint density at radius 1 is 1.00 bits per heavy atom. The number of aryl methyl sites for hydroxylation is 1. The number of nitrogens with one attached hydrogen (secondary N) is 1. The minimum absolute atomic E-state index is 0.0631. The highest BCUT2D eigenvalue weighted by atomic mass is 16.5. The Hall–Kier alpha value is -2.81. The van der Waals surface area contributed by atoms with Crippen LogP contribution in [0.2, 0.25) is 0 Å². The molecule has 1 N–H and O–H groups in total. The van der Waals surface area contributed by atoms with Crippen molar-refractivity contribution in [2.75, 3.05) is 0 Å². The van der Waals surface area contributed by atoms with Gasteiger partial charge in [-0.2, -0.15) is 0 Å². The molecule has 0 heterocycles. The molecule has 3 nitrogen and oxygen atoms in total. The van der Waals surface area contributed by atoms with Gasteiger partial charge >= 0.3 is 0 Å². The van der Waals surface area contributed by atoms with Crippen LogP contribution < -0.4 is 10.1 Å². The molecular formula is C23H25NO2.